The quantitative estimate of drug-likeness (QED) is 0.0134. The number of epoxide rings is 1. The fraction of sp³-hybridized carbons (Fsp3) is 0.468. The lowest BCUT2D eigenvalue weighted by molar-refractivity contribution is -0.150. The van der Waals surface area contributed by atoms with Crippen molar-refractivity contribution in [2.24, 2.45) is 23.5 Å². The molecular weight excluding hydrogens is 1480 g/mol. The number of cyclic esters (lactones) is 1. The lowest BCUT2D eigenvalue weighted by Crippen LogP contribution is -2.60. The van der Waals surface area contributed by atoms with E-state index in [-0.39, 0.29) is 16.7 Å². The number of hydrogen-bond acceptors (Lipinski definition) is 21. The molecule has 9 amide bonds. The minimum atomic E-state index is -2.21. The number of carboxylic acids is 4. The van der Waals surface area contributed by atoms with Crippen molar-refractivity contribution in [2.75, 3.05) is 13.2 Å². The first-order valence-electron chi connectivity index (χ1n) is 36.9. The molecule has 36 heteroatoms. The fourth-order valence-corrected chi connectivity index (χ4v) is 12.9. The number of aliphatic hydroxyl groups is 1. The van der Waals surface area contributed by atoms with Gasteiger partial charge in [0.15, 0.2) is 17.3 Å². The maximum atomic E-state index is 15.5. The third-order valence-electron chi connectivity index (χ3n) is 19.1. The van der Waals surface area contributed by atoms with Gasteiger partial charge in [0.1, 0.15) is 48.2 Å². The second-order valence-corrected chi connectivity index (χ2v) is 28.4. The van der Waals surface area contributed by atoms with Crippen LogP contribution in [-0.2, 0) is 97.4 Å². The monoisotopic (exact) mass is 1570 g/mol. The number of aliphatic carboxylic acids is 4. The number of Topliss-reactive ketones (excluding diaryl/α,β-unsaturated/α-hetero) is 3. The number of H-pyrrole nitrogens is 2. The number of fused-ring (bicyclic) bond motifs is 2. The van der Waals surface area contributed by atoms with E-state index in [9.17, 15) is 97.8 Å². The number of phenols is 1. The van der Waals surface area contributed by atoms with Gasteiger partial charge in [-0.1, -0.05) is 107 Å². The number of aliphatic hydroxyl groups excluding tert-OH is 1. The summed E-state index contributed by atoms with van der Waals surface area (Å²) >= 11 is 0. The number of ether oxygens (including phenoxy) is 2. The van der Waals surface area contributed by atoms with E-state index in [2.05, 4.69) is 61.0 Å². The van der Waals surface area contributed by atoms with E-state index < -0.39 is 261 Å². The van der Waals surface area contributed by atoms with E-state index in [0.29, 0.717) is 34.1 Å². The molecule has 36 nitrogen and oxygen atoms in total. The molecule has 2 aromatic heterocycles. The maximum Gasteiger partial charge on any atom is 0.334 e. The number of nitrogens with two attached hydrogens (primary N) is 1. The summed E-state index contributed by atoms with van der Waals surface area (Å²) in [5.41, 5.74) is 6.10. The van der Waals surface area contributed by atoms with Crippen LogP contribution in [0.15, 0.2) is 90.8 Å². The average molecular weight is 1570 g/mol. The maximum absolute atomic E-state index is 15.5. The molecule has 0 unspecified atom stereocenters. The number of aromatic amines is 2. The normalized spacial score (nSPS) is 23.1. The Balaban J connectivity index is 1.33. The number of phenolic OH excluding ortho intramolecular Hbond substituents is 1. The van der Waals surface area contributed by atoms with Crippen molar-refractivity contribution in [2.45, 2.75) is 197 Å². The Hall–Kier alpha value is -12.2. The van der Waals surface area contributed by atoms with E-state index >= 15 is 14.4 Å². The largest absolute Gasteiger partial charge is 0.508 e. The fourth-order valence-electron chi connectivity index (χ4n) is 12.9. The van der Waals surface area contributed by atoms with Gasteiger partial charge in [0.2, 0.25) is 53.2 Å². The predicted octanol–water partition coefficient (Wildman–Crippen LogP) is 1.62. The zero-order chi connectivity index (χ0) is 82.8. The second kappa shape index (κ2) is 42.3. The lowest BCUT2D eigenvalue weighted by atomic mass is 9.92. The number of rotatable bonds is 30. The number of benzene rings is 3. The molecule has 608 valence electrons. The minimum Gasteiger partial charge on any atom is -0.508 e. The number of aromatic nitrogens is 2. The van der Waals surface area contributed by atoms with Gasteiger partial charge in [-0.2, -0.15) is 0 Å². The Labute approximate surface area is 646 Å². The van der Waals surface area contributed by atoms with Crippen LogP contribution >= 0.6 is 0 Å². The smallest absolute Gasteiger partial charge is 0.334 e. The van der Waals surface area contributed by atoms with Crippen LogP contribution in [0, 0.1) is 17.8 Å². The van der Waals surface area contributed by atoms with Crippen molar-refractivity contribution in [3.8, 4) is 5.75 Å². The van der Waals surface area contributed by atoms with Crippen molar-refractivity contribution in [1.82, 2.24) is 52.5 Å². The molecule has 2 aliphatic rings. The molecule has 2 aliphatic heterocycles. The molecule has 0 bridgehead atoms. The highest BCUT2D eigenvalue weighted by Crippen LogP contribution is 2.32. The number of aromatic hydroxyl groups is 1. The number of carbonyl (C=O) groups excluding carboxylic acids is 13. The Morgan fingerprint density at radius 2 is 1.19 bits per heavy atom. The van der Waals surface area contributed by atoms with Gasteiger partial charge >= 0.3 is 29.8 Å². The van der Waals surface area contributed by atoms with Gasteiger partial charge in [-0.15, -0.1) is 0 Å². The van der Waals surface area contributed by atoms with E-state index in [4.69, 9.17) is 15.2 Å². The average Bonchev–Trinajstić information content (AvgIpc) is 1.80. The second-order valence-electron chi connectivity index (χ2n) is 28.4. The summed E-state index contributed by atoms with van der Waals surface area (Å²) in [6, 6.07) is 2.60. The summed E-state index contributed by atoms with van der Waals surface area (Å²) in [5.74, 6) is -27.0. The zero-order valence-corrected chi connectivity index (χ0v) is 62.3. The first-order valence-corrected chi connectivity index (χ1v) is 36.9. The molecule has 2 saturated heterocycles. The first-order chi connectivity index (χ1) is 53.7. The number of unbranched alkanes of at least 4 members (excludes halogenated alkanes) is 5. The third-order valence-corrected chi connectivity index (χ3v) is 19.1. The SMILES string of the molecule is CC(C)CCCCCCCC[C@H]1O[C@@H]1C(=O)C[C@@H](CO)C(=O)N[C@@H]1C(=O)N[C@H](Cc2c[nH]c3ccccc23)C(=O)N[C@@H](CC(=O)O)C(=O)C[C@@H](CC(=O)O)C(=O)N[C@H](c2ccc(O)cc2)C(=O)N[C@@H](CC(=O)O)C(=O)NCC(=O)N[C@H](CC(N)=O)C(=O)N[C@H](CCC(=O)O)C(=O)C/C(=C\c2c[nH]c3ccccc23)C(=O)O[C@@H]1C. The number of hydrogen-bond donors (Lipinski definition) is 17. The van der Waals surface area contributed by atoms with Gasteiger partial charge in [0.05, 0.1) is 68.9 Å². The molecule has 5 aromatic rings. The van der Waals surface area contributed by atoms with Crippen LogP contribution in [0.5, 0.6) is 5.75 Å². The summed E-state index contributed by atoms with van der Waals surface area (Å²) in [5, 5.41) is 80.1. The van der Waals surface area contributed by atoms with Gasteiger partial charge in [0, 0.05) is 77.4 Å². The van der Waals surface area contributed by atoms with Gasteiger partial charge in [-0.05, 0) is 67.2 Å². The van der Waals surface area contributed by atoms with Crippen molar-refractivity contribution in [3.05, 3.63) is 107 Å². The topological polar surface area (TPSA) is 587 Å². The molecule has 4 heterocycles. The van der Waals surface area contributed by atoms with Crippen LogP contribution in [-0.4, -0.2) is 209 Å². The molecule has 18 N–H and O–H groups in total. The Kier molecular flexibility index (Phi) is 32.9. The van der Waals surface area contributed by atoms with Gasteiger partial charge in [-0.3, -0.25) is 76.7 Å². The van der Waals surface area contributed by atoms with Crippen molar-refractivity contribution in [1.29, 1.82) is 0 Å². The van der Waals surface area contributed by atoms with Crippen LogP contribution in [0.3, 0.4) is 0 Å². The molecule has 0 spiro atoms. The van der Waals surface area contributed by atoms with Crippen molar-refractivity contribution in [3.63, 3.8) is 0 Å². The first kappa shape index (κ1) is 88.0. The van der Waals surface area contributed by atoms with Crippen molar-refractivity contribution >= 4 is 128 Å². The van der Waals surface area contributed by atoms with E-state index in [1.54, 1.807) is 48.5 Å². The molecule has 0 aliphatic carbocycles. The van der Waals surface area contributed by atoms with Gasteiger partial charge in [0.25, 0.3) is 0 Å². The molecule has 7 rings (SSSR count). The number of carbonyl (C=O) groups is 17. The Morgan fingerprint density at radius 3 is 1.83 bits per heavy atom. The molecule has 3 aromatic carbocycles. The highest BCUT2D eigenvalue weighted by Gasteiger charge is 2.46. The summed E-state index contributed by atoms with van der Waals surface area (Å²) in [4.78, 5) is 243. The van der Waals surface area contributed by atoms with Crippen molar-refractivity contribution < 1.29 is 122 Å². The van der Waals surface area contributed by atoms with Gasteiger partial charge < -0.3 is 98.3 Å². The Bertz CT molecular complexity index is 4380. The summed E-state index contributed by atoms with van der Waals surface area (Å²) < 4.78 is 11.7. The number of amides is 9. The highest BCUT2D eigenvalue weighted by atomic mass is 16.6. The third kappa shape index (κ3) is 27.4. The number of ketones is 3. The highest BCUT2D eigenvalue weighted by molar-refractivity contribution is 6.06. The lowest BCUT2D eigenvalue weighted by Gasteiger charge is -2.29. The molecule has 2 fully saturated rings. The molecule has 0 saturated carbocycles. The minimum absolute atomic E-state index is 0.206. The van der Waals surface area contributed by atoms with Crippen LogP contribution in [0.1, 0.15) is 153 Å². The number of para-hydroxylation sites is 2. The molecule has 113 heavy (non-hydrogen) atoms. The molecular formula is C77H95N11O25. The zero-order valence-electron chi connectivity index (χ0n) is 62.3. The van der Waals surface area contributed by atoms with Crippen LogP contribution in [0.4, 0.5) is 0 Å². The predicted molar refractivity (Wildman–Crippen MR) is 398 cm³/mol. The summed E-state index contributed by atoms with van der Waals surface area (Å²) in [6.45, 7) is 3.20. The number of carboxylic acid groups (broad SMARTS) is 4. The van der Waals surface area contributed by atoms with E-state index in [1.807, 2.05) is 5.32 Å². The van der Waals surface area contributed by atoms with Crippen LogP contribution in [0.2, 0.25) is 0 Å². The van der Waals surface area contributed by atoms with E-state index in [1.165, 1.54) is 12.4 Å². The molecule has 12 atom stereocenters. The number of nitrogens with one attached hydrogen (secondary N) is 10. The Morgan fingerprint density at radius 1 is 0.602 bits per heavy atom. The van der Waals surface area contributed by atoms with Crippen LogP contribution < -0.4 is 48.3 Å². The number of esters is 1. The van der Waals surface area contributed by atoms with Gasteiger partial charge in [-0.25, -0.2) is 4.79 Å². The van der Waals surface area contributed by atoms with E-state index in [0.717, 1.165) is 82.2 Å². The van der Waals surface area contributed by atoms with Crippen LogP contribution in [0.25, 0.3) is 27.9 Å². The molecule has 0 radical (unpaired) electrons. The summed E-state index contributed by atoms with van der Waals surface area (Å²) in [6.07, 6.45) is -1.90. The summed E-state index contributed by atoms with van der Waals surface area (Å²) in [7, 11) is 0. The number of primary amides is 1. The standard InChI is InChI=1S/C77H95N11O25/c1-39(2)14-8-6-4-5-7-9-19-60-69(113-60)59(93)30-46(38-89)71(105)87-67-40(3)112-77(111)43(26-44-35-79-50-17-12-10-15-48(44)50)29-57(91)52(24-25-63(96)97)83-74(108)55(32-61(78)94)82-62(95)37-81-72(106)56(34-66(102)103)86-76(110)68(41-20-22-47(90)23-21-41)88-70(104)42(31-64(98)99)28-58(92)53(33-65(100)101)84-73(107)54(85-75(67)109)27-45-36-80-51-18-13-11-16-49(45)51/h10-13,15-18,20-23,26,35-36,39-40,42,46,52-56,60,67-69,79-80,89-90H,4-9,14,19,24-25,27-34,37-38H2,1-3H3,(H2,78,94)(H,81,106)(H,82,95)(H,83,108)(H,84,107)(H,85,109)(H,86,110)(H,87,105)(H,88,104)(H,96,97)(H,98,99)(H,100,101)(H,102,103)/b43-26+/t40-,42+,46+,52-,53+,54-,55-,56+,60-,67+,68-,69-/m1/s1.